The topological polar surface area (TPSA) is 231 Å². The van der Waals surface area contributed by atoms with Gasteiger partial charge in [0.25, 0.3) is 0 Å². The minimum absolute atomic E-state index is 0.137. The van der Waals surface area contributed by atoms with Crippen molar-refractivity contribution in [2.24, 2.45) is 0 Å². The van der Waals surface area contributed by atoms with Gasteiger partial charge >= 0.3 is 11.9 Å². The lowest BCUT2D eigenvalue weighted by molar-refractivity contribution is -0.332. The van der Waals surface area contributed by atoms with Gasteiger partial charge in [0.15, 0.2) is 18.7 Å². The third kappa shape index (κ3) is 28.9. The van der Waals surface area contributed by atoms with Gasteiger partial charge in [0, 0.05) is 12.8 Å². The maximum atomic E-state index is 13.0. The molecular formula is C54H94O15. The van der Waals surface area contributed by atoms with Gasteiger partial charge < -0.3 is 64.2 Å². The molecule has 11 atom stereocenters. The van der Waals surface area contributed by atoms with E-state index in [2.05, 4.69) is 62.5 Å². The fourth-order valence-corrected chi connectivity index (χ4v) is 8.21. The van der Waals surface area contributed by atoms with E-state index in [0.29, 0.717) is 12.8 Å². The van der Waals surface area contributed by atoms with Crippen LogP contribution in [0.1, 0.15) is 187 Å². The molecule has 15 nitrogen and oxygen atoms in total. The van der Waals surface area contributed by atoms with Crippen molar-refractivity contribution in [2.75, 3.05) is 26.4 Å². The summed E-state index contributed by atoms with van der Waals surface area (Å²) in [7, 11) is 0. The Morgan fingerprint density at radius 3 is 1.43 bits per heavy atom. The smallest absolute Gasteiger partial charge is 0.306 e. The summed E-state index contributed by atoms with van der Waals surface area (Å²) < 4.78 is 33.6. The van der Waals surface area contributed by atoms with Crippen molar-refractivity contribution in [3.8, 4) is 0 Å². The fourth-order valence-electron chi connectivity index (χ4n) is 8.21. The summed E-state index contributed by atoms with van der Waals surface area (Å²) in [4.78, 5) is 25.8. The van der Waals surface area contributed by atoms with Crippen LogP contribution in [0.3, 0.4) is 0 Å². The molecule has 2 saturated heterocycles. The van der Waals surface area contributed by atoms with Crippen molar-refractivity contribution in [2.45, 2.75) is 255 Å². The minimum Gasteiger partial charge on any atom is -0.462 e. The number of unbranched alkanes of at least 4 members (excludes halogenated alkanes) is 19. The summed E-state index contributed by atoms with van der Waals surface area (Å²) in [6.45, 7) is 2.46. The van der Waals surface area contributed by atoms with Gasteiger partial charge in [0.05, 0.1) is 19.8 Å². The SMILES string of the molecule is CC/C=C\C/C=C\C/C=C\C/C=C\CCCCCCC(=O)OC(COC(=O)CCCCCCCCCCCCCCCCCC)COC1OC(COC2OC(CO)C(O)C(O)C2O)C(O)C(O)C1O. The van der Waals surface area contributed by atoms with Gasteiger partial charge in [-0.15, -0.1) is 0 Å². The molecule has 7 N–H and O–H groups in total. The first-order valence-electron chi connectivity index (χ1n) is 26.7. The maximum Gasteiger partial charge on any atom is 0.306 e. The number of hydrogen-bond acceptors (Lipinski definition) is 15. The van der Waals surface area contributed by atoms with Gasteiger partial charge in [-0.2, -0.15) is 0 Å². The van der Waals surface area contributed by atoms with Crippen molar-refractivity contribution >= 4 is 11.9 Å². The van der Waals surface area contributed by atoms with Crippen molar-refractivity contribution in [1.82, 2.24) is 0 Å². The van der Waals surface area contributed by atoms with Crippen LogP contribution in [0.4, 0.5) is 0 Å². The Labute approximate surface area is 414 Å². The van der Waals surface area contributed by atoms with Gasteiger partial charge in [0.1, 0.15) is 55.4 Å². The lowest BCUT2D eigenvalue weighted by Crippen LogP contribution is -2.61. The van der Waals surface area contributed by atoms with E-state index in [0.717, 1.165) is 70.6 Å². The molecule has 69 heavy (non-hydrogen) atoms. The van der Waals surface area contributed by atoms with E-state index in [-0.39, 0.29) is 19.4 Å². The lowest BCUT2D eigenvalue weighted by Gasteiger charge is -2.42. The van der Waals surface area contributed by atoms with E-state index in [4.69, 9.17) is 28.4 Å². The standard InChI is InChI=1S/C54H94O15/c1-3-5-7-9-11-13-15-17-19-21-23-25-27-29-31-33-35-37-46(57)67-42(39-64-45(56)36-34-32-30-28-26-24-22-20-18-16-14-12-10-8-6-4-2)40-65-53-52(63)50(61)48(59)44(69-53)41-66-54-51(62)49(60)47(58)43(38-55)68-54/h5,7,11,13,17,19,23,25,42-44,47-55,58-63H,3-4,6,8-10,12,14-16,18,20-22,24,26-41H2,1-2H3/b7-5-,13-11-,19-17-,25-23-. The Balaban J connectivity index is 1.80. The largest absolute Gasteiger partial charge is 0.462 e. The van der Waals surface area contributed by atoms with Crippen molar-refractivity contribution in [1.29, 1.82) is 0 Å². The van der Waals surface area contributed by atoms with Crippen LogP contribution in [0.5, 0.6) is 0 Å². The third-order valence-electron chi connectivity index (χ3n) is 12.6. The van der Waals surface area contributed by atoms with E-state index in [1.165, 1.54) is 77.0 Å². The fraction of sp³-hybridized carbons (Fsp3) is 0.815. The van der Waals surface area contributed by atoms with E-state index in [1.54, 1.807) is 0 Å². The second-order valence-corrected chi connectivity index (χ2v) is 18.7. The summed E-state index contributed by atoms with van der Waals surface area (Å²) in [6, 6.07) is 0. The molecule has 0 spiro atoms. The number of hydrogen-bond donors (Lipinski definition) is 7. The van der Waals surface area contributed by atoms with E-state index < -0.39 is 99.3 Å². The molecule has 0 aliphatic carbocycles. The number of carbonyl (C=O) groups excluding carboxylic acids is 2. The Morgan fingerprint density at radius 2 is 0.913 bits per heavy atom. The normalized spacial score (nSPS) is 25.9. The molecule has 0 aromatic heterocycles. The molecule has 0 saturated carbocycles. The minimum atomic E-state index is -1.77. The van der Waals surface area contributed by atoms with Crippen molar-refractivity contribution in [3.05, 3.63) is 48.6 Å². The predicted octanol–water partition coefficient (Wildman–Crippen LogP) is 7.88. The molecule has 0 aromatic rings. The Hall–Kier alpha value is -2.54. The molecule has 2 aliphatic rings. The van der Waals surface area contributed by atoms with Crippen LogP contribution >= 0.6 is 0 Å². The van der Waals surface area contributed by atoms with Crippen LogP contribution in [0.2, 0.25) is 0 Å². The highest BCUT2D eigenvalue weighted by Crippen LogP contribution is 2.26. The van der Waals surface area contributed by atoms with E-state index >= 15 is 0 Å². The number of rotatable bonds is 41. The van der Waals surface area contributed by atoms with Crippen LogP contribution in [0, 0.1) is 0 Å². The van der Waals surface area contributed by atoms with Crippen LogP contribution < -0.4 is 0 Å². The first-order chi connectivity index (χ1) is 33.5. The molecule has 2 rings (SSSR count). The molecule has 0 aromatic carbocycles. The molecule has 0 amide bonds. The lowest BCUT2D eigenvalue weighted by atomic mass is 9.98. The summed E-state index contributed by atoms with van der Waals surface area (Å²) in [5, 5.41) is 72.1. The monoisotopic (exact) mass is 983 g/mol. The van der Waals surface area contributed by atoms with Crippen molar-refractivity contribution < 1.29 is 73.8 Å². The van der Waals surface area contributed by atoms with Crippen LogP contribution in [0.25, 0.3) is 0 Å². The molecule has 2 fully saturated rings. The quantitative estimate of drug-likeness (QED) is 0.0176. The summed E-state index contributed by atoms with van der Waals surface area (Å²) in [5.41, 5.74) is 0. The third-order valence-corrected chi connectivity index (χ3v) is 12.6. The first kappa shape index (κ1) is 62.6. The van der Waals surface area contributed by atoms with Crippen LogP contribution in [-0.4, -0.2) is 142 Å². The highest BCUT2D eigenvalue weighted by molar-refractivity contribution is 5.70. The van der Waals surface area contributed by atoms with Gasteiger partial charge in [-0.3, -0.25) is 9.59 Å². The van der Waals surface area contributed by atoms with Gasteiger partial charge in [-0.25, -0.2) is 0 Å². The molecule has 0 bridgehead atoms. The maximum absolute atomic E-state index is 13.0. The van der Waals surface area contributed by atoms with Crippen molar-refractivity contribution in [3.63, 3.8) is 0 Å². The number of esters is 2. The number of allylic oxidation sites excluding steroid dienone is 8. The molecule has 2 heterocycles. The average Bonchev–Trinajstić information content (AvgIpc) is 3.34. The van der Waals surface area contributed by atoms with Gasteiger partial charge in [0.2, 0.25) is 0 Å². The molecule has 15 heteroatoms. The highest BCUT2D eigenvalue weighted by Gasteiger charge is 2.47. The van der Waals surface area contributed by atoms with Gasteiger partial charge in [-0.1, -0.05) is 172 Å². The predicted molar refractivity (Wildman–Crippen MR) is 266 cm³/mol. The summed E-state index contributed by atoms with van der Waals surface area (Å²) >= 11 is 0. The molecule has 11 unspecified atom stereocenters. The second-order valence-electron chi connectivity index (χ2n) is 18.7. The van der Waals surface area contributed by atoms with Crippen LogP contribution in [-0.2, 0) is 38.0 Å². The zero-order chi connectivity index (χ0) is 50.3. The average molecular weight is 983 g/mol. The molecule has 400 valence electrons. The zero-order valence-electron chi connectivity index (χ0n) is 42.3. The van der Waals surface area contributed by atoms with Crippen LogP contribution in [0.15, 0.2) is 48.6 Å². The molecular weight excluding hydrogens is 889 g/mol. The number of carbonyl (C=O) groups is 2. The van der Waals surface area contributed by atoms with E-state index in [1.807, 2.05) is 0 Å². The summed E-state index contributed by atoms with van der Waals surface area (Å²) in [5.74, 6) is -0.949. The second kappa shape index (κ2) is 41.0. The number of aliphatic hydroxyl groups is 7. The van der Waals surface area contributed by atoms with Gasteiger partial charge in [-0.05, 0) is 51.4 Å². The molecule has 2 aliphatic heterocycles. The molecule has 0 radical (unpaired) electrons. The Kier molecular flexibility index (Phi) is 37.2. The number of aliphatic hydroxyl groups excluding tert-OH is 7. The number of ether oxygens (including phenoxy) is 6. The zero-order valence-corrected chi connectivity index (χ0v) is 42.3. The summed E-state index contributed by atoms with van der Waals surface area (Å²) in [6.07, 6.45) is 28.5. The van der Waals surface area contributed by atoms with E-state index in [9.17, 15) is 45.3 Å². The Morgan fingerprint density at radius 1 is 0.478 bits per heavy atom. The highest BCUT2D eigenvalue weighted by atomic mass is 16.7. The first-order valence-corrected chi connectivity index (χ1v) is 26.7. The Bertz CT molecular complexity index is 1390.